The lowest BCUT2D eigenvalue weighted by atomic mass is 10.1. The van der Waals surface area contributed by atoms with Crippen molar-refractivity contribution in [3.63, 3.8) is 0 Å². The van der Waals surface area contributed by atoms with Gasteiger partial charge in [0.15, 0.2) is 5.70 Å². The van der Waals surface area contributed by atoms with Gasteiger partial charge in [0.25, 0.3) is 0 Å². The second-order valence-corrected chi connectivity index (χ2v) is 4.18. The number of benzene rings is 1. The molecular weight excluding hydrogens is 204 g/mol. The fraction of sp³-hybridized carbons (Fsp3) is 0.167. The van der Waals surface area contributed by atoms with Gasteiger partial charge < -0.3 is 0 Å². The van der Waals surface area contributed by atoms with Gasteiger partial charge in [-0.2, -0.15) is 0 Å². The first-order chi connectivity index (χ1) is 7.31. The molecule has 0 atom stereocenters. The molecule has 0 aromatic heterocycles. The van der Waals surface area contributed by atoms with Gasteiger partial charge in [-0.3, -0.25) is 4.99 Å². The van der Waals surface area contributed by atoms with Crippen molar-refractivity contribution in [3.05, 3.63) is 58.0 Å². The van der Waals surface area contributed by atoms with Gasteiger partial charge in [-0.25, -0.2) is 4.85 Å². The molecule has 1 heterocycles. The molecule has 2 rings (SSSR count). The average Bonchev–Trinajstić information content (AvgIpc) is 2.78. The molecule has 0 N–H and O–H groups in total. The van der Waals surface area contributed by atoms with Gasteiger partial charge in [0, 0.05) is 5.75 Å². The highest BCUT2D eigenvalue weighted by atomic mass is 32.2. The molecule has 1 aromatic rings. The van der Waals surface area contributed by atoms with Crippen LogP contribution in [0.5, 0.6) is 0 Å². The minimum Gasteiger partial charge on any atom is -0.257 e. The zero-order valence-corrected chi connectivity index (χ0v) is 9.21. The van der Waals surface area contributed by atoms with Crippen LogP contribution in [0.4, 0.5) is 0 Å². The minimum atomic E-state index is 0.686. The molecule has 15 heavy (non-hydrogen) atoms. The fourth-order valence-electron chi connectivity index (χ4n) is 1.34. The third-order valence-electron chi connectivity index (χ3n) is 2.17. The quantitative estimate of drug-likeness (QED) is 0.655. The van der Waals surface area contributed by atoms with E-state index in [2.05, 4.69) is 22.0 Å². The lowest BCUT2D eigenvalue weighted by Crippen LogP contribution is -1.98. The molecule has 0 amide bonds. The van der Waals surface area contributed by atoms with E-state index in [9.17, 15) is 0 Å². The number of nitrogens with zero attached hydrogens (tertiary/aromatic N) is 2. The number of allylic oxidation sites excluding steroid dienone is 1. The van der Waals surface area contributed by atoms with Crippen LogP contribution in [-0.2, 0) is 0 Å². The molecule has 0 fully saturated rings. The molecule has 0 saturated carbocycles. The van der Waals surface area contributed by atoms with E-state index in [1.54, 1.807) is 11.8 Å². The smallest absolute Gasteiger partial charge is 0.193 e. The van der Waals surface area contributed by atoms with Gasteiger partial charge in [0.2, 0.25) is 0 Å². The van der Waals surface area contributed by atoms with Crippen molar-refractivity contribution in [3.8, 4) is 0 Å². The van der Waals surface area contributed by atoms with E-state index in [1.807, 2.05) is 25.1 Å². The normalized spacial score (nSPS) is 18.3. The van der Waals surface area contributed by atoms with E-state index in [0.29, 0.717) is 5.70 Å². The van der Waals surface area contributed by atoms with Gasteiger partial charge >= 0.3 is 0 Å². The highest BCUT2D eigenvalue weighted by Crippen LogP contribution is 2.30. The van der Waals surface area contributed by atoms with Gasteiger partial charge in [0.1, 0.15) is 0 Å². The molecule has 2 nitrogen and oxygen atoms in total. The molecule has 0 saturated heterocycles. The van der Waals surface area contributed by atoms with Crippen LogP contribution in [0.25, 0.3) is 4.85 Å². The predicted molar refractivity (Wildman–Crippen MR) is 64.7 cm³/mol. The Hall–Kier alpha value is -1.53. The number of rotatable bonds is 1. The van der Waals surface area contributed by atoms with Gasteiger partial charge in [-0.05, 0) is 12.5 Å². The van der Waals surface area contributed by atoms with Gasteiger partial charge in [0.05, 0.1) is 17.3 Å². The summed E-state index contributed by atoms with van der Waals surface area (Å²) in [6.45, 7) is 8.74. The average molecular weight is 214 g/mol. The number of hydrogen-bond acceptors (Lipinski definition) is 2. The van der Waals surface area contributed by atoms with Gasteiger partial charge in [-0.1, -0.05) is 30.3 Å². The third-order valence-corrected chi connectivity index (χ3v) is 3.24. The fourth-order valence-corrected chi connectivity index (χ4v) is 2.27. The summed E-state index contributed by atoms with van der Waals surface area (Å²) in [6, 6.07) is 10.1. The van der Waals surface area contributed by atoms with Crippen molar-refractivity contribution < 1.29 is 0 Å². The van der Waals surface area contributed by atoms with Crippen LogP contribution in [0.15, 0.2) is 46.1 Å². The Bertz CT molecular complexity index is 466. The second-order valence-electron chi connectivity index (χ2n) is 3.22. The van der Waals surface area contributed by atoms with E-state index in [-0.39, 0.29) is 0 Å². The molecule has 1 aromatic carbocycles. The summed E-state index contributed by atoms with van der Waals surface area (Å²) in [4.78, 5) is 7.87. The first-order valence-corrected chi connectivity index (χ1v) is 5.64. The largest absolute Gasteiger partial charge is 0.257 e. The van der Waals surface area contributed by atoms with Crippen LogP contribution in [0.1, 0.15) is 12.5 Å². The zero-order valence-electron chi connectivity index (χ0n) is 8.40. The molecular formula is C12H10N2S. The molecule has 74 valence electrons. The van der Waals surface area contributed by atoms with Crippen LogP contribution in [0.3, 0.4) is 0 Å². The highest BCUT2D eigenvalue weighted by molar-refractivity contribution is 8.04. The maximum Gasteiger partial charge on any atom is 0.193 e. The van der Waals surface area contributed by atoms with Crippen LogP contribution in [0.2, 0.25) is 0 Å². The molecule has 0 radical (unpaired) electrons. The second kappa shape index (κ2) is 4.33. The van der Waals surface area contributed by atoms with Crippen molar-refractivity contribution in [2.45, 2.75) is 6.92 Å². The molecule has 0 aliphatic carbocycles. The molecule has 1 aliphatic rings. The summed E-state index contributed by atoms with van der Waals surface area (Å²) in [5, 5.41) is 0.865. The van der Waals surface area contributed by atoms with Crippen LogP contribution >= 0.6 is 11.8 Å². The Morgan fingerprint density at radius 2 is 2.13 bits per heavy atom. The van der Waals surface area contributed by atoms with Crippen molar-refractivity contribution in [1.29, 1.82) is 0 Å². The molecule has 3 heteroatoms. The van der Waals surface area contributed by atoms with Crippen molar-refractivity contribution in [2.75, 3.05) is 5.75 Å². The Kier molecular flexibility index (Phi) is 2.89. The number of thioether (sulfide) groups is 1. The predicted octanol–water partition coefficient (Wildman–Crippen LogP) is 3.33. The number of hydrogen-bond donors (Lipinski definition) is 0. The van der Waals surface area contributed by atoms with E-state index in [0.717, 1.165) is 22.1 Å². The first kappa shape index (κ1) is 10.0. The maximum atomic E-state index is 6.93. The lowest BCUT2D eigenvalue weighted by molar-refractivity contribution is 1.39. The summed E-state index contributed by atoms with van der Waals surface area (Å²) in [5.41, 5.74) is 2.90. The molecule has 0 unspecified atom stereocenters. The van der Waals surface area contributed by atoms with Crippen molar-refractivity contribution in [1.82, 2.24) is 0 Å². The lowest BCUT2D eigenvalue weighted by Gasteiger charge is -1.96. The zero-order chi connectivity index (χ0) is 10.7. The van der Waals surface area contributed by atoms with Gasteiger partial charge in [-0.15, -0.1) is 11.8 Å². The summed E-state index contributed by atoms with van der Waals surface area (Å²) in [7, 11) is 0. The maximum absolute atomic E-state index is 6.93. The standard InChI is InChI=1S/C12H10N2S/c1-9(13-2)12-14-11(8-15-12)10-6-4-3-5-7-10/h3-7H,8H2,1H3/b12-9+. The van der Waals surface area contributed by atoms with E-state index in [1.165, 1.54) is 0 Å². The van der Waals surface area contributed by atoms with Crippen LogP contribution in [-0.4, -0.2) is 11.5 Å². The van der Waals surface area contributed by atoms with E-state index >= 15 is 0 Å². The monoisotopic (exact) mass is 214 g/mol. The third kappa shape index (κ3) is 2.11. The van der Waals surface area contributed by atoms with E-state index in [4.69, 9.17) is 6.57 Å². The summed E-state index contributed by atoms with van der Waals surface area (Å²) in [5.74, 6) is 0.867. The molecule has 1 aliphatic heterocycles. The number of aliphatic imine (C=N–C) groups is 1. The Morgan fingerprint density at radius 1 is 1.40 bits per heavy atom. The Morgan fingerprint density at radius 3 is 2.80 bits per heavy atom. The van der Waals surface area contributed by atoms with Crippen LogP contribution < -0.4 is 0 Å². The van der Waals surface area contributed by atoms with Crippen molar-refractivity contribution in [2.24, 2.45) is 4.99 Å². The topological polar surface area (TPSA) is 16.7 Å². The molecule has 0 spiro atoms. The SMILES string of the molecule is [C-]#[N+]/C(C)=C1\N=C(c2ccccc2)CS1. The first-order valence-electron chi connectivity index (χ1n) is 4.65. The van der Waals surface area contributed by atoms with E-state index < -0.39 is 0 Å². The summed E-state index contributed by atoms with van der Waals surface area (Å²) < 4.78 is 0. The minimum absolute atomic E-state index is 0.686. The Balaban J connectivity index is 2.33. The van der Waals surface area contributed by atoms with Crippen molar-refractivity contribution >= 4 is 17.5 Å². The highest BCUT2D eigenvalue weighted by Gasteiger charge is 2.15. The van der Waals surface area contributed by atoms with Crippen LogP contribution in [0, 0.1) is 6.57 Å². The summed E-state index contributed by atoms with van der Waals surface area (Å²) >= 11 is 1.64. The molecule has 0 bridgehead atoms. The summed E-state index contributed by atoms with van der Waals surface area (Å²) in [6.07, 6.45) is 0. The Labute approximate surface area is 93.5 Å².